The smallest absolute Gasteiger partial charge is 0.312 e. The molecule has 0 rings (SSSR count). The van der Waals surface area contributed by atoms with Crippen LogP contribution >= 0.6 is 0 Å². The molecule has 0 aromatic carbocycles. The van der Waals surface area contributed by atoms with Gasteiger partial charge in [0.1, 0.15) is 0 Å². The van der Waals surface area contributed by atoms with Gasteiger partial charge in [-0.05, 0) is 6.92 Å². The Hall–Kier alpha value is 0.270. The summed E-state index contributed by atoms with van der Waals surface area (Å²) in [5.74, 6) is 0. The van der Waals surface area contributed by atoms with Gasteiger partial charge in [0.15, 0.2) is 0 Å². The van der Waals surface area contributed by atoms with Crippen LogP contribution in [0.3, 0.4) is 0 Å². The van der Waals surface area contributed by atoms with Crippen LogP contribution in [-0.4, -0.2) is 42.1 Å². The molecule has 7 heavy (non-hydrogen) atoms. The van der Waals surface area contributed by atoms with Crippen molar-refractivity contribution in [3.8, 4) is 0 Å². The number of rotatable bonds is 1. The third kappa shape index (κ3) is 10.7. The molecule has 4 heteroatoms. The first-order valence-electron chi connectivity index (χ1n) is 1.80. The van der Waals surface area contributed by atoms with E-state index in [4.69, 9.17) is 0 Å². The number of primary amides is 1. The number of carbonyl (C=O) groups is 1. The fourth-order valence-electron chi connectivity index (χ4n) is 0.174. The number of nitrogens with two attached hydrogens (primary N) is 1. The second-order valence-electron chi connectivity index (χ2n) is 0.895. The van der Waals surface area contributed by atoms with Gasteiger partial charge >= 0.3 is 6.03 Å². The molecule has 0 fully saturated rings. The average Bonchev–Trinajstić information content (AvgIpc) is 1.35. The quantitative estimate of drug-likeness (QED) is 0.432. The van der Waals surface area contributed by atoms with Gasteiger partial charge in [-0.15, -0.1) is 0 Å². The predicted octanol–water partition coefficient (Wildman–Crippen LogP) is -0.706. The molecule has 2 amide bonds. The molecule has 3 N–H and O–H groups in total. The Kier molecular flexibility index (Phi) is 9.22. The number of amides is 2. The second-order valence-corrected chi connectivity index (χ2v) is 0.895. The van der Waals surface area contributed by atoms with Gasteiger partial charge in [0.05, 0.1) is 0 Å². The molecular weight excluding hydrogens is 103 g/mol. The Bertz CT molecular complexity index is 56.9. The molecule has 0 saturated carbocycles. The molecule has 0 aliphatic rings. The van der Waals surface area contributed by atoms with Crippen molar-refractivity contribution in [2.75, 3.05) is 6.54 Å². The van der Waals surface area contributed by atoms with Crippen LogP contribution in [0.2, 0.25) is 0 Å². The van der Waals surface area contributed by atoms with Gasteiger partial charge < -0.3 is 11.1 Å². The maximum Gasteiger partial charge on any atom is 0.312 e. The van der Waals surface area contributed by atoms with Crippen molar-refractivity contribution >= 4 is 35.6 Å². The number of hydrogen-bond acceptors (Lipinski definition) is 1. The Morgan fingerprint density at radius 3 is 2.29 bits per heavy atom. The van der Waals surface area contributed by atoms with E-state index in [1.54, 1.807) is 0 Å². The third-order valence-corrected chi connectivity index (χ3v) is 0.351. The van der Waals surface area contributed by atoms with Crippen molar-refractivity contribution in [1.29, 1.82) is 0 Å². The largest absolute Gasteiger partial charge is 0.352 e. The van der Waals surface area contributed by atoms with Gasteiger partial charge in [-0.3, -0.25) is 0 Å². The summed E-state index contributed by atoms with van der Waals surface area (Å²) < 4.78 is 0. The fourth-order valence-corrected chi connectivity index (χ4v) is 0.174. The molecule has 0 bridgehead atoms. The molecule has 0 aliphatic heterocycles. The minimum atomic E-state index is -0.461. The molecule has 0 unspecified atom stereocenters. The molecule has 37 valence electrons. The van der Waals surface area contributed by atoms with Crippen LogP contribution in [0.1, 0.15) is 6.92 Å². The normalized spacial score (nSPS) is 6.43. The molecule has 0 aliphatic carbocycles. The van der Waals surface area contributed by atoms with Crippen LogP contribution in [0.5, 0.6) is 0 Å². The molecule has 0 heterocycles. The van der Waals surface area contributed by atoms with Crippen LogP contribution in [0.15, 0.2) is 0 Å². The van der Waals surface area contributed by atoms with Crippen molar-refractivity contribution in [2.45, 2.75) is 6.92 Å². The number of carbonyl (C=O) groups excluding carboxylic acids is 1. The van der Waals surface area contributed by atoms with Crippen molar-refractivity contribution in [3.63, 3.8) is 0 Å². The summed E-state index contributed by atoms with van der Waals surface area (Å²) in [7, 11) is 0. The van der Waals surface area contributed by atoms with Crippen LogP contribution in [0, 0.1) is 0 Å². The monoisotopic (exact) mass is 111 g/mol. The van der Waals surface area contributed by atoms with E-state index in [1.165, 1.54) is 0 Å². The summed E-state index contributed by atoms with van der Waals surface area (Å²) in [4.78, 5) is 9.71. The first-order chi connectivity index (χ1) is 2.77. The first kappa shape index (κ1) is 10.3. The average molecular weight is 111 g/mol. The Labute approximate surface area is 64.9 Å². The van der Waals surface area contributed by atoms with E-state index < -0.39 is 6.03 Å². The Balaban J connectivity index is 0. The zero-order valence-electron chi connectivity index (χ0n) is 4.69. The summed E-state index contributed by atoms with van der Waals surface area (Å²) in [5, 5.41) is 2.35. The first-order valence-corrected chi connectivity index (χ1v) is 1.80. The van der Waals surface area contributed by atoms with Gasteiger partial charge in [0, 0.05) is 36.1 Å². The van der Waals surface area contributed by atoms with Gasteiger partial charge in [0.25, 0.3) is 0 Å². The molecule has 0 aromatic heterocycles. The van der Waals surface area contributed by atoms with Gasteiger partial charge in [0.2, 0.25) is 0 Å². The number of hydrogen-bond donors (Lipinski definition) is 2. The van der Waals surface area contributed by atoms with E-state index in [9.17, 15) is 4.79 Å². The molecule has 0 spiro atoms. The van der Waals surface area contributed by atoms with Gasteiger partial charge in [-0.1, -0.05) is 0 Å². The Morgan fingerprint density at radius 1 is 1.86 bits per heavy atom. The van der Waals surface area contributed by atoms with E-state index in [2.05, 4.69) is 11.1 Å². The van der Waals surface area contributed by atoms with Gasteiger partial charge in [-0.25, -0.2) is 4.79 Å². The number of urea groups is 1. The summed E-state index contributed by atoms with van der Waals surface area (Å²) in [6.07, 6.45) is 0. The minimum Gasteiger partial charge on any atom is -0.352 e. The summed E-state index contributed by atoms with van der Waals surface area (Å²) >= 11 is 0. The van der Waals surface area contributed by atoms with E-state index in [-0.39, 0.29) is 29.6 Å². The zero-order chi connectivity index (χ0) is 4.99. The molecule has 1 radical (unpaired) electrons. The summed E-state index contributed by atoms with van der Waals surface area (Å²) in [6.45, 7) is 2.42. The SMILES string of the molecule is CCNC(N)=O.[Na]. The maximum absolute atomic E-state index is 9.71. The van der Waals surface area contributed by atoms with E-state index in [0.29, 0.717) is 6.54 Å². The van der Waals surface area contributed by atoms with Crippen molar-refractivity contribution in [2.24, 2.45) is 5.73 Å². The zero-order valence-corrected chi connectivity index (χ0v) is 6.69. The van der Waals surface area contributed by atoms with Gasteiger partial charge in [-0.2, -0.15) is 0 Å². The van der Waals surface area contributed by atoms with Crippen molar-refractivity contribution in [3.05, 3.63) is 0 Å². The molecule has 3 nitrogen and oxygen atoms in total. The van der Waals surface area contributed by atoms with Crippen LogP contribution in [-0.2, 0) is 0 Å². The van der Waals surface area contributed by atoms with E-state index in [1.807, 2.05) is 6.92 Å². The topological polar surface area (TPSA) is 55.1 Å². The fraction of sp³-hybridized carbons (Fsp3) is 0.667. The van der Waals surface area contributed by atoms with Crippen molar-refractivity contribution < 1.29 is 4.79 Å². The van der Waals surface area contributed by atoms with Crippen LogP contribution < -0.4 is 11.1 Å². The molecular formula is C3H8N2NaO. The van der Waals surface area contributed by atoms with E-state index >= 15 is 0 Å². The molecule has 0 aromatic rings. The second kappa shape index (κ2) is 6.27. The maximum atomic E-state index is 9.71. The minimum absolute atomic E-state index is 0. The molecule has 0 atom stereocenters. The van der Waals surface area contributed by atoms with Crippen molar-refractivity contribution in [1.82, 2.24) is 5.32 Å². The summed E-state index contributed by atoms with van der Waals surface area (Å²) in [6, 6.07) is -0.461. The summed E-state index contributed by atoms with van der Waals surface area (Å²) in [5.41, 5.74) is 4.65. The number of nitrogens with one attached hydrogen (secondary N) is 1. The van der Waals surface area contributed by atoms with Crippen LogP contribution in [0.4, 0.5) is 4.79 Å². The third-order valence-electron chi connectivity index (χ3n) is 0.351. The predicted molar refractivity (Wildman–Crippen MR) is 29.0 cm³/mol. The van der Waals surface area contributed by atoms with E-state index in [0.717, 1.165) is 0 Å². The standard InChI is InChI=1S/C3H8N2O.Na/c1-2-5-3(4)6;/h2H2,1H3,(H3,4,5,6);. The molecule has 0 saturated heterocycles. The Morgan fingerprint density at radius 2 is 2.29 bits per heavy atom. The van der Waals surface area contributed by atoms with Crippen LogP contribution in [0.25, 0.3) is 0 Å².